The van der Waals surface area contributed by atoms with Crippen LogP contribution in [-0.2, 0) is 26.0 Å². The van der Waals surface area contributed by atoms with Gasteiger partial charge in [-0.25, -0.2) is 0 Å². The van der Waals surface area contributed by atoms with Gasteiger partial charge in [-0.2, -0.15) is 0 Å². The van der Waals surface area contributed by atoms with E-state index in [4.69, 9.17) is 19.6 Å². The second-order valence-corrected chi connectivity index (χ2v) is 10.6. The van der Waals surface area contributed by atoms with Gasteiger partial charge in [-0.1, -0.05) is 0 Å². The first-order chi connectivity index (χ1) is 11.9. The van der Waals surface area contributed by atoms with Crippen molar-refractivity contribution in [2.75, 3.05) is 0 Å². The van der Waals surface area contributed by atoms with Crippen LogP contribution in [0.25, 0.3) is 0 Å². The van der Waals surface area contributed by atoms with E-state index >= 15 is 0 Å². The molecule has 25 heavy (non-hydrogen) atoms. The van der Waals surface area contributed by atoms with Crippen molar-refractivity contribution in [3.8, 4) is 0 Å². The van der Waals surface area contributed by atoms with Crippen LogP contribution >= 0.6 is 7.28 Å². The van der Waals surface area contributed by atoms with Crippen LogP contribution in [0, 0.1) is 0 Å². The first-order valence-electron chi connectivity index (χ1n) is 8.73. The predicted molar refractivity (Wildman–Crippen MR) is 105 cm³/mol. The molecule has 0 aliphatic rings. The van der Waals surface area contributed by atoms with Crippen LogP contribution in [0.5, 0.6) is 0 Å². The summed E-state index contributed by atoms with van der Waals surface area (Å²) in [5.41, 5.74) is 2.17. The van der Waals surface area contributed by atoms with Crippen LogP contribution in [-0.4, -0.2) is 12.2 Å². The topological polar surface area (TPSA) is 53.7 Å². The van der Waals surface area contributed by atoms with E-state index in [1.54, 1.807) is 0 Å². The van der Waals surface area contributed by atoms with E-state index < -0.39 is 7.28 Å². The first-order valence-corrected chi connectivity index (χ1v) is 11.1. The number of benzene rings is 2. The van der Waals surface area contributed by atoms with Gasteiger partial charge in [-0.15, -0.1) is 0 Å². The van der Waals surface area contributed by atoms with Gasteiger partial charge in [0, 0.05) is 0 Å². The molecule has 2 N–H and O–H groups in total. The van der Waals surface area contributed by atoms with Gasteiger partial charge in [0.15, 0.2) is 0 Å². The molecule has 0 radical (unpaired) electrons. The monoisotopic (exact) mass is 363 g/mol. The van der Waals surface area contributed by atoms with Crippen LogP contribution in [0.1, 0.15) is 38.8 Å². The van der Waals surface area contributed by atoms with Gasteiger partial charge in [0.25, 0.3) is 0 Å². The molecule has 0 fully saturated rings. The molecule has 138 valence electrons. The van der Waals surface area contributed by atoms with Crippen molar-refractivity contribution in [3.63, 3.8) is 0 Å². The van der Waals surface area contributed by atoms with Gasteiger partial charge in [0.1, 0.15) is 0 Å². The van der Waals surface area contributed by atoms with E-state index in [0.29, 0.717) is 12.3 Å². The molecule has 0 saturated carbocycles. The van der Waals surface area contributed by atoms with Crippen molar-refractivity contribution >= 4 is 7.28 Å². The summed E-state index contributed by atoms with van der Waals surface area (Å²) < 4.78 is 18.7. The summed E-state index contributed by atoms with van der Waals surface area (Å²) in [5, 5.41) is 0. The maximum atomic E-state index is 6.45. The number of nitrogens with two attached hydrogens (primary N) is 1. The Morgan fingerprint density at radius 2 is 1.08 bits per heavy atom. The zero-order valence-electron chi connectivity index (χ0n) is 15.6. The van der Waals surface area contributed by atoms with E-state index in [2.05, 4.69) is 24.3 Å². The van der Waals surface area contributed by atoms with Crippen molar-refractivity contribution in [1.82, 2.24) is 0 Å². The third kappa shape index (κ3) is 5.34. The SMILES string of the molecule is CC(C)OP(Cc1ccccc1)(Cc1ccccc1)(ON)OC(C)C. The third-order valence-corrected chi connectivity index (χ3v) is 7.99. The fourth-order valence-electron chi connectivity index (χ4n) is 3.17. The minimum absolute atomic E-state index is 0.0765. The van der Waals surface area contributed by atoms with Gasteiger partial charge < -0.3 is 0 Å². The summed E-state index contributed by atoms with van der Waals surface area (Å²) in [7, 11) is -3.65. The van der Waals surface area contributed by atoms with Crippen molar-refractivity contribution in [2.45, 2.75) is 52.2 Å². The van der Waals surface area contributed by atoms with Crippen LogP contribution < -0.4 is 5.90 Å². The molecule has 0 spiro atoms. The molecule has 0 atom stereocenters. The molecule has 0 bridgehead atoms. The Kier molecular flexibility index (Phi) is 6.72. The quantitative estimate of drug-likeness (QED) is 0.477. The van der Waals surface area contributed by atoms with Gasteiger partial charge in [-0.3, -0.25) is 0 Å². The Labute approximate surface area is 151 Å². The van der Waals surface area contributed by atoms with E-state index in [1.165, 1.54) is 0 Å². The second kappa shape index (κ2) is 8.39. The molecule has 5 heteroatoms. The third-order valence-electron chi connectivity index (χ3n) is 3.79. The minimum atomic E-state index is -3.65. The van der Waals surface area contributed by atoms with Crippen molar-refractivity contribution < 1.29 is 13.7 Å². The van der Waals surface area contributed by atoms with Crippen LogP contribution in [0.2, 0.25) is 0 Å². The molecular weight excluding hydrogens is 333 g/mol. The Bertz CT molecular complexity index is 591. The molecule has 2 rings (SSSR count). The Morgan fingerprint density at radius 3 is 1.36 bits per heavy atom. The number of rotatable bonds is 9. The summed E-state index contributed by atoms with van der Waals surface area (Å²) in [6.07, 6.45) is 0.863. The Morgan fingerprint density at radius 1 is 0.720 bits per heavy atom. The van der Waals surface area contributed by atoms with Gasteiger partial charge in [0.2, 0.25) is 0 Å². The summed E-state index contributed by atoms with van der Waals surface area (Å²) in [6.45, 7) is 7.94. The molecule has 0 unspecified atom stereocenters. The van der Waals surface area contributed by atoms with Crippen LogP contribution in [0.3, 0.4) is 0 Å². The van der Waals surface area contributed by atoms with Crippen molar-refractivity contribution in [2.24, 2.45) is 5.90 Å². The average Bonchev–Trinajstić information content (AvgIpc) is 2.55. The summed E-state index contributed by atoms with van der Waals surface area (Å²) in [5.74, 6) is 5.94. The number of hydrogen-bond donors (Lipinski definition) is 1. The molecule has 0 aromatic heterocycles. The van der Waals surface area contributed by atoms with Crippen LogP contribution in [0.4, 0.5) is 0 Å². The van der Waals surface area contributed by atoms with E-state index in [1.807, 2.05) is 64.1 Å². The summed E-state index contributed by atoms with van der Waals surface area (Å²) in [4.78, 5) is 0. The van der Waals surface area contributed by atoms with Crippen molar-refractivity contribution in [1.29, 1.82) is 0 Å². The Balaban J connectivity index is 2.54. The average molecular weight is 363 g/mol. The maximum absolute atomic E-state index is 6.45. The van der Waals surface area contributed by atoms with E-state index in [0.717, 1.165) is 11.1 Å². The summed E-state index contributed by atoms with van der Waals surface area (Å²) in [6, 6.07) is 20.2. The van der Waals surface area contributed by atoms with Crippen molar-refractivity contribution in [3.05, 3.63) is 71.8 Å². The molecule has 0 heterocycles. The van der Waals surface area contributed by atoms with Gasteiger partial charge >= 0.3 is 151 Å². The molecular formula is C20H30NO3P. The zero-order valence-corrected chi connectivity index (χ0v) is 16.5. The molecule has 2 aromatic rings. The second-order valence-electron chi connectivity index (χ2n) is 6.92. The van der Waals surface area contributed by atoms with Gasteiger partial charge in [0.05, 0.1) is 0 Å². The van der Waals surface area contributed by atoms with Crippen LogP contribution in [0.15, 0.2) is 60.7 Å². The molecule has 4 nitrogen and oxygen atoms in total. The molecule has 2 aromatic carbocycles. The molecule has 0 amide bonds. The standard InChI is InChI=1S/C20H30NO3P/c1-17(2)22-25(24-21,23-18(3)4,15-19-11-7-5-8-12-19)16-20-13-9-6-10-14-20/h5-14,17-18H,15-16,21H2,1-4H3. The van der Waals surface area contributed by atoms with E-state index in [9.17, 15) is 0 Å². The fraction of sp³-hybridized carbons (Fsp3) is 0.400. The number of hydrogen-bond acceptors (Lipinski definition) is 4. The zero-order chi connectivity index (χ0) is 18.4. The van der Waals surface area contributed by atoms with Gasteiger partial charge in [-0.05, 0) is 0 Å². The predicted octanol–water partition coefficient (Wildman–Crippen LogP) is 5.43. The first kappa shape index (κ1) is 20.0. The fourth-order valence-corrected chi connectivity index (χ4v) is 7.59. The molecule has 0 saturated heterocycles. The Hall–Kier alpha value is -1.29. The summed E-state index contributed by atoms with van der Waals surface area (Å²) >= 11 is 0. The normalized spacial score (nSPS) is 13.8. The molecule has 0 aliphatic heterocycles. The van der Waals surface area contributed by atoms with E-state index in [-0.39, 0.29) is 12.2 Å². The molecule has 0 aliphatic carbocycles.